The second-order valence-electron chi connectivity index (χ2n) is 7.78. The molecule has 5 nitrogen and oxygen atoms in total. The van der Waals surface area contributed by atoms with Gasteiger partial charge in [0.1, 0.15) is 0 Å². The smallest absolute Gasteiger partial charge is 0.251 e. The summed E-state index contributed by atoms with van der Waals surface area (Å²) in [5, 5.41) is 5.79. The van der Waals surface area contributed by atoms with E-state index in [1.807, 2.05) is 54.6 Å². The van der Waals surface area contributed by atoms with E-state index < -0.39 is 0 Å². The largest absolute Gasteiger partial charge is 0.348 e. The molecule has 0 saturated heterocycles. The molecule has 0 heterocycles. The van der Waals surface area contributed by atoms with E-state index in [1.165, 1.54) is 0 Å². The molecule has 2 amide bonds. The van der Waals surface area contributed by atoms with Gasteiger partial charge in [-0.05, 0) is 53.8 Å². The van der Waals surface area contributed by atoms with Crippen molar-refractivity contribution in [2.24, 2.45) is 5.92 Å². The van der Waals surface area contributed by atoms with Crippen LogP contribution in [0.25, 0.3) is 11.1 Å². The van der Waals surface area contributed by atoms with E-state index in [0.717, 1.165) is 35.2 Å². The molecule has 2 N–H and O–H groups in total. The number of nitrogens with one attached hydrogen (secondary N) is 2. The highest BCUT2D eigenvalue weighted by Crippen LogP contribution is 2.36. The Bertz CT molecular complexity index is 1180. The van der Waals surface area contributed by atoms with E-state index in [9.17, 15) is 14.4 Å². The number of benzene rings is 3. The first-order valence-corrected chi connectivity index (χ1v) is 10.1. The Morgan fingerprint density at radius 2 is 1.53 bits per heavy atom. The van der Waals surface area contributed by atoms with Gasteiger partial charge in [-0.15, -0.1) is 0 Å². The van der Waals surface area contributed by atoms with Gasteiger partial charge in [-0.3, -0.25) is 14.4 Å². The lowest BCUT2D eigenvalue weighted by molar-refractivity contribution is -0.117. The Hall–Kier alpha value is -3.73. The maximum Gasteiger partial charge on any atom is 0.251 e. The van der Waals surface area contributed by atoms with Gasteiger partial charge in [-0.2, -0.15) is 0 Å². The fraction of sp³-hybridized carbons (Fsp3) is 0.160. The molecule has 5 rings (SSSR count). The van der Waals surface area contributed by atoms with Crippen molar-refractivity contribution in [3.8, 4) is 11.1 Å². The molecule has 2 aliphatic carbocycles. The monoisotopic (exact) mass is 396 g/mol. The van der Waals surface area contributed by atoms with Crippen LogP contribution in [0.2, 0.25) is 0 Å². The fourth-order valence-corrected chi connectivity index (χ4v) is 3.75. The predicted molar refractivity (Wildman–Crippen MR) is 114 cm³/mol. The molecule has 0 atom stereocenters. The van der Waals surface area contributed by atoms with Crippen LogP contribution in [-0.2, 0) is 11.3 Å². The van der Waals surface area contributed by atoms with Crippen LogP contribution >= 0.6 is 0 Å². The highest BCUT2D eigenvalue weighted by Gasteiger charge is 2.29. The molecular formula is C25H20N2O3. The van der Waals surface area contributed by atoms with Gasteiger partial charge in [-0.1, -0.05) is 42.5 Å². The van der Waals surface area contributed by atoms with Crippen molar-refractivity contribution in [2.45, 2.75) is 19.4 Å². The maximum atomic E-state index is 12.6. The SMILES string of the molecule is O=C(NCc1ccc(NC(=O)C2CC2)cc1)c1ccc2c(c1)C(=O)c1ccccc1-2. The topological polar surface area (TPSA) is 75.3 Å². The van der Waals surface area contributed by atoms with Gasteiger partial charge in [0.05, 0.1) is 0 Å². The van der Waals surface area contributed by atoms with E-state index in [0.29, 0.717) is 23.2 Å². The minimum absolute atomic E-state index is 0.0425. The average Bonchev–Trinajstić information content (AvgIpc) is 3.59. The second kappa shape index (κ2) is 7.26. The zero-order valence-electron chi connectivity index (χ0n) is 16.3. The molecule has 5 heteroatoms. The highest BCUT2D eigenvalue weighted by atomic mass is 16.2. The molecule has 148 valence electrons. The third kappa shape index (κ3) is 3.39. The second-order valence-corrected chi connectivity index (χ2v) is 7.78. The average molecular weight is 396 g/mol. The maximum absolute atomic E-state index is 12.6. The summed E-state index contributed by atoms with van der Waals surface area (Å²) < 4.78 is 0. The number of hydrogen-bond acceptors (Lipinski definition) is 3. The molecule has 2 aliphatic rings. The zero-order valence-corrected chi connectivity index (χ0v) is 16.3. The summed E-state index contributed by atoms with van der Waals surface area (Å²) in [6, 6.07) is 20.2. The summed E-state index contributed by atoms with van der Waals surface area (Å²) in [5.41, 5.74) is 5.19. The third-order valence-electron chi connectivity index (χ3n) is 5.61. The summed E-state index contributed by atoms with van der Waals surface area (Å²) in [5.74, 6) is -0.0351. The molecule has 0 aliphatic heterocycles. The highest BCUT2D eigenvalue weighted by molar-refractivity contribution is 6.22. The third-order valence-corrected chi connectivity index (χ3v) is 5.61. The van der Waals surface area contributed by atoms with Crippen molar-refractivity contribution < 1.29 is 14.4 Å². The molecule has 1 fully saturated rings. The Morgan fingerprint density at radius 1 is 0.833 bits per heavy atom. The molecule has 1 saturated carbocycles. The van der Waals surface area contributed by atoms with Crippen LogP contribution in [0.1, 0.15) is 44.7 Å². The van der Waals surface area contributed by atoms with Gasteiger partial charge in [0.25, 0.3) is 5.91 Å². The summed E-state index contributed by atoms with van der Waals surface area (Å²) >= 11 is 0. The Balaban J connectivity index is 1.24. The lowest BCUT2D eigenvalue weighted by Gasteiger charge is -2.09. The Labute approximate surface area is 174 Å². The standard InChI is InChI=1S/C25H20N2O3/c28-23-21-4-2-1-3-19(21)20-12-9-17(13-22(20)23)24(29)26-14-15-5-10-18(11-6-15)27-25(30)16-7-8-16/h1-6,9-13,16H,7-8,14H2,(H,26,29)(H,27,30). The van der Waals surface area contributed by atoms with Crippen LogP contribution in [0.15, 0.2) is 66.7 Å². The van der Waals surface area contributed by atoms with E-state index in [1.54, 1.807) is 12.1 Å². The number of rotatable bonds is 5. The van der Waals surface area contributed by atoms with Crippen molar-refractivity contribution in [1.29, 1.82) is 0 Å². The van der Waals surface area contributed by atoms with Gasteiger partial charge in [0.2, 0.25) is 5.91 Å². The number of ketones is 1. The molecule has 0 bridgehead atoms. The normalized spacial score (nSPS) is 14.1. The summed E-state index contributed by atoms with van der Waals surface area (Å²) in [7, 11) is 0. The van der Waals surface area contributed by atoms with Crippen LogP contribution < -0.4 is 10.6 Å². The minimum Gasteiger partial charge on any atom is -0.348 e. The van der Waals surface area contributed by atoms with Crippen molar-refractivity contribution in [1.82, 2.24) is 5.32 Å². The summed E-state index contributed by atoms with van der Waals surface area (Å²) in [4.78, 5) is 37.1. The molecule has 3 aromatic rings. The minimum atomic E-state index is -0.229. The molecule has 0 radical (unpaired) electrons. The Kier molecular flexibility index (Phi) is 4.43. The first-order chi connectivity index (χ1) is 14.6. The lowest BCUT2D eigenvalue weighted by atomic mass is 10.0. The predicted octanol–water partition coefficient (Wildman–Crippen LogP) is 4.18. The van der Waals surface area contributed by atoms with E-state index in [2.05, 4.69) is 10.6 Å². The van der Waals surface area contributed by atoms with Crippen molar-refractivity contribution >= 4 is 23.3 Å². The van der Waals surface area contributed by atoms with E-state index in [-0.39, 0.29) is 23.5 Å². The van der Waals surface area contributed by atoms with E-state index >= 15 is 0 Å². The summed E-state index contributed by atoms with van der Waals surface area (Å²) in [6.45, 7) is 0.362. The van der Waals surface area contributed by atoms with Gasteiger partial charge in [0, 0.05) is 34.8 Å². The van der Waals surface area contributed by atoms with Crippen LogP contribution in [-0.4, -0.2) is 17.6 Å². The van der Waals surface area contributed by atoms with E-state index in [4.69, 9.17) is 0 Å². The van der Waals surface area contributed by atoms with Gasteiger partial charge in [0.15, 0.2) is 5.78 Å². The molecule has 0 spiro atoms. The molecule has 3 aromatic carbocycles. The number of hydrogen-bond donors (Lipinski definition) is 2. The number of amides is 2. The van der Waals surface area contributed by atoms with Crippen LogP contribution in [0.4, 0.5) is 5.69 Å². The van der Waals surface area contributed by atoms with Crippen molar-refractivity contribution in [2.75, 3.05) is 5.32 Å². The Morgan fingerprint density at radius 3 is 2.27 bits per heavy atom. The lowest BCUT2D eigenvalue weighted by Crippen LogP contribution is -2.23. The van der Waals surface area contributed by atoms with Crippen LogP contribution in [0.5, 0.6) is 0 Å². The molecular weight excluding hydrogens is 376 g/mol. The fourth-order valence-electron chi connectivity index (χ4n) is 3.75. The van der Waals surface area contributed by atoms with Crippen molar-refractivity contribution in [3.63, 3.8) is 0 Å². The zero-order chi connectivity index (χ0) is 20.7. The number of carbonyl (C=O) groups excluding carboxylic acids is 3. The van der Waals surface area contributed by atoms with Gasteiger partial charge < -0.3 is 10.6 Å². The van der Waals surface area contributed by atoms with Crippen molar-refractivity contribution in [3.05, 3.63) is 89.0 Å². The quantitative estimate of drug-likeness (QED) is 0.531. The number of carbonyl (C=O) groups is 3. The first-order valence-electron chi connectivity index (χ1n) is 10.1. The molecule has 30 heavy (non-hydrogen) atoms. The van der Waals surface area contributed by atoms with Crippen LogP contribution in [0.3, 0.4) is 0 Å². The summed E-state index contributed by atoms with van der Waals surface area (Å²) in [6.07, 6.45) is 1.94. The number of fused-ring (bicyclic) bond motifs is 3. The van der Waals surface area contributed by atoms with Gasteiger partial charge in [-0.25, -0.2) is 0 Å². The van der Waals surface area contributed by atoms with Crippen LogP contribution in [0, 0.1) is 5.92 Å². The molecule has 0 aromatic heterocycles. The first kappa shape index (κ1) is 18.3. The number of anilines is 1. The van der Waals surface area contributed by atoms with Gasteiger partial charge >= 0.3 is 0 Å². The molecule has 0 unspecified atom stereocenters.